The quantitative estimate of drug-likeness (QED) is 0.548. The second-order valence-corrected chi connectivity index (χ2v) is 9.58. The monoisotopic (exact) mass is 462 g/mol. The van der Waals surface area contributed by atoms with Gasteiger partial charge in [0, 0.05) is 49.8 Å². The molecule has 5 heterocycles. The number of carbonyl (C=O) groups excluding carboxylic acids is 1. The number of carbonyl (C=O) groups is 1. The Hall–Kier alpha value is -3.20. The number of aromatic nitrogens is 4. The largest absolute Gasteiger partial charge is 0.367 e. The molecule has 3 aromatic heterocycles. The van der Waals surface area contributed by atoms with Crippen LogP contribution in [0.5, 0.6) is 0 Å². The van der Waals surface area contributed by atoms with Gasteiger partial charge in [-0.05, 0) is 44.9 Å². The van der Waals surface area contributed by atoms with Crippen LogP contribution in [-0.2, 0) is 6.54 Å². The fraction of sp³-hybridized carbons (Fsp3) is 0.520. The fourth-order valence-corrected chi connectivity index (χ4v) is 5.03. The lowest BCUT2D eigenvalue weighted by Crippen LogP contribution is -2.54. The smallest absolute Gasteiger partial charge is 0.267 e. The highest BCUT2D eigenvalue weighted by Crippen LogP contribution is 2.23. The second-order valence-electron chi connectivity index (χ2n) is 9.58. The Labute approximate surface area is 200 Å². The summed E-state index contributed by atoms with van der Waals surface area (Å²) in [6, 6.07) is 6.85. The molecule has 9 heteroatoms. The van der Waals surface area contributed by atoms with Crippen LogP contribution in [0.1, 0.15) is 56.4 Å². The summed E-state index contributed by atoms with van der Waals surface area (Å²) in [6.07, 6.45) is 9.25. The summed E-state index contributed by atoms with van der Waals surface area (Å²) in [5, 5.41) is 10.7. The molecule has 2 aliphatic rings. The van der Waals surface area contributed by atoms with Gasteiger partial charge < -0.3 is 25.4 Å². The van der Waals surface area contributed by atoms with Crippen LogP contribution in [0.3, 0.4) is 0 Å². The number of nitrogens with one attached hydrogen (secondary N) is 3. The fourth-order valence-electron chi connectivity index (χ4n) is 5.03. The minimum absolute atomic E-state index is 0.0387. The van der Waals surface area contributed by atoms with Gasteiger partial charge in [-0.1, -0.05) is 19.3 Å². The first-order valence-electron chi connectivity index (χ1n) is 12.5. The summed E-state index contributed by atoms with van der Waals surface area (Å²) in [6.45, 7) is 7.83. The van der Waals surface area contributed by atoms with Crippen LogP contribution in [-0.4, -0.2) is 57.1 Å². The lowest BCUT2D eigenvalue weighted by Gasteiger charge is -2.37. The molecule has 1 saturated heterocycles. The van der Waals surface area contributed by atoms with Gasteiger partial charge in [0.15, 0.2) is 0 Å². The van der Waals surface area contributed by atoms with Gasteiger partial charge >= 0.3 is 0 Å². The van der Waals surface area contributed by atoms with Crippen LogP contribution < -0.4 is 20.9 Å². The molecule has 3 aromatic rings. The van der Waals surface area contributed by atoms with E-state index in [0.29, 0.717) is 36.1 Å². The number of hydrogen-bond donors (Lipinski definition) is 3. The molecule has 1 fully saturated rings. The lowest BCUT2D eigenvalue weighted by molar-refractivity contribution is 0.0944. The first kappa shape index (κ1) is 22.6. The average Bonchev–Trinajstić information content (AvgIpc) is 3.16. The zero-order chi connectivity index (χ0) is 23.5. The van der Waals surface area contributed by atoms with E-state index >= 15 is 0 Å². The Kier molecular flexibility index (Phi) is 6.62. The van der Waals surface area contributed by atoms with Crippen molar-refractivity contribution < 1.29 is 4.79 Å². The lowest BCUT2D eigenvalue weighted by atomic mass is 10.1. The average molecular weight is 463 g/mol. The number of rotatable bonds is 3. The van der Waals surface area contributed by atoms with Crippen LogP contribution in [0.4, 0.5) is 17.5 Å². The van der Waals surface area contributed by atoms with Crippen molar-refractivity contribution in [3.05, 3.63) is 36.3 Å². The van der Waals surface area contributed by atoms with Gasteiger partial charge in [0.2, 0.25) is 5.95 Å². The molecule has 0 saturated carbocycles. The first-order valence-corrected chi connectivity index (χ1v) is 12.5. The van der Waals surface area contributed by atoms with Crippen molar-refractivity contribution in [3.8, 4) is 0 Å². The van der Waals surface area contributed by atoms with Crippen molar-refractivity contribution in [1.29, 1.82) is 0 Å². The summed E-state index contributed by atoms with van der Waals surface area (Å²) in [5.74, 6) is 1.14. The van der Waals surface area contributed by atoms with Crippen molar-refractivity contribution in [3.63, 3.8) is 0 Å². The predicted molar refractivity (Wildman–Crippen MR) is 135 cm³/mol. The summed E-state index contributed by atoms with van der Waals surface area (Å²) in [5.41, 5.74) is 2.55. The molecule has 180 valence electrons. The number of amides is 1. The van der Waals surface area contributed by atoms with Crippen LogP contribution in [0.25, 0.3) is 11.0 Å². The molecule has 2 aliphatic heterocycles. The molecule has 2 atom stereocenters. The third-order valence-electron chi connectivity index (χ3n) is 6.62. The Morgan fingerprint density at radius 2 is 1.79 bits per heavy atom. The third-order valence-corrected chi connectivity index (χ3v) is 6.62. The summed E-state index contributed by atoms with van der Waals surface area (Å²) < 4.78 is 2.03. The highest BCUT2D eigenvalue weighted by atomic mass is 16.1. The molecule has 1 amide bonds. The molecule has 0 spiro atoms. The summed E-state index contributed by atoms with van der Waals surface area (Å²) in [4.78, 5) is 29.0. The minimum Gasteiger partial charge on any atom is -0.367 e. The Morgan fingerprint density at radius 1 is 1.00 bits per heavy atom. The van der Waals surface area contributed by atoms with Gasteiger partial charge in [-0.25, -0.2) is 9.97 Å². The van der Waals surface area contributed by atoms with Gasteiger partial charge in [0.25, 0.3) is 5.91 Å². The van der Waals surface area contributed by atoms with E-state index in [9.17, 15) is 4.79 Å². The second kappa shape index (κ2) is 9.97. The molecule has 0 aliphatic carbocycles. The number of nitrogens with zero attached hydrogens (tertiary/aromatic N) is 5. The van der Waals surface area contributed by atoms with E-state index in [0.717, 1.165) is 62.0 Å². The zero-order valence-corrected chi connectivity index (χ0v) is 20.0. The van der Waals surface area contributed by atoms with Gasteiger partial charge in [0.1, 0.15) is 17.2 Å². The van der Waals surface area contributed by atoms with E-state index in [2.05, 4.69) is 50.7 Å². The third kappa shape index (κ3) is 4.99. The number of hydrogen-bond acceptors (Lipinski definition) is 7. The van der Waals surface area contributed by atoms with Gasteiger partial charge in [0.05, 0.1) is 11.9 Å². The molecule has 2 unspecified atom stereocenters. The highest BCUT2D eigenvalue weighted by molar-refractivity contribution is 5.98. The van der Waals surface area contributed by atoms with Crippen molar-refractivity contribution in [2.24, 2.45) is 0 Å². The van der Waals surface area contributed by atoms with Gasteiger partial charge in [-0.15, -0.1) is 0 Å². The van der Waals surface area contributed by atoms with Crippen molar-refractivity contribution >= 4 is 34.4 Å². The first-order chi connectivity index (χ1) is 16.6. The van der Waals surface area contributed by atoms with Gasteiger partial charge in [-0.2, -0.15) is 4.98 Å². The van der Waals surface area contributed by atoms with E-state index in [-0.39, 0.29) is 5.91 Å². The highest BCUT2D eigenvalue weighted by Gasteiger charge is 2.21. The van der Waals surface area contributed by atoms with E-state index in [4.69, 9.17) is 4.98 Å². The van der Waals surface area contributed by atoms with Crippen LogP contribution in [0.2, 0.25) is 0 Å². The van der Waals surface area contributed by atoms with Gasteiger partial charge in [-0.3, -0.25) is 4.79 Å². The number of fused-ring (bicyclic) bond motifs is 3. The van der Waals surface area contributed by atoms with Crippen LogP contribution in [0.15, 0.2) is 30.6 Å². The normalized spacial score (nSPS) is 22.1. The molecule has 34 heavy (non-hydrogen) atoms. The molecular formula is C25H34N8O. The molecule has 3 N–H and O–H groups in total. The molecular weight excluding hydrogens is 428 g/mol. The number of pyridine rings is 1. The van der Waals surface area contributed by atoms with Crippen molar-refractivity contribution in [1.82, 2.24) is 30.2 Å². The maximum atomic E-state index is 12.8. The van der Waals surface area contributed by atoms with Crippen molar-refractivity contribution in [2.45, 2.75) is 64.6 Å². The Bertz CT molecular complexity index is 1130. The predicted octanol–water partition coefficient (Wildman–Crippen LogP) is 3.45. The van der Waals surface area contributed by atoms with Crippen LogP contribution >= 0.6 is 0 Å². The molecule has 0 radical (unpaired) electrons. The topological polar surface area (TPSA) is 100 Å². The van der Waals surface area contributed by atoms with Crippen LogP contribution in [0, 0.1) is 0 Å². The van der Waals surface area contributed by atoms with Crippen molar-refractivity contribution in [2.75, 3.05) is 29.9 Å². The number of piperazine rings is 1. The Balaban J connectivity index is 1.36. The molecule has 0 aromatic carbocycles. The number of anilines is 3. The zero-order valence-electron chi connectivity index (χ0n) is 20.0. The maximum Gasteiger partial charge on any atom is 0.267 e. The standard InChI is InChI=1S/C25H34N8O/c1-17-15-32(16-18(2)29-17)20-8-9-22(27-14-20)30-25-28-13-19-12-21-24(34)26-10-6-4-3-5-7-11-33(21)23(19)31-25/h8-9,12-14,17-18,29H,3-7,10-11,15-16H2,1-2H3,(H,26,34)(H,27,28,30,31). The van der Waals surface area contributed by atoms with E-state index in [1.54, 1.807) is 6.20 Å². The maximum absolute atomic E-state index is 12.8. The number of aryl methyl sites for hydroxylation is 1. The molecule has 5 rings (SSSR count). The summed E-state index contributed by atoms with van der Waals surface area (Å²) >= 11 is 0. The SMILES string of the molecule is CC1CN(c2ccc(Nc3ncc4cc5n(c4n3)CCCCCCCNC5=O)nc2)CC(C)N1. The molecule has 9 nitrogen and oxygen atoms in total. The Morgan fingerprint density at radius 3 is 2.59 bits per heavy atom. The van der Waals surface area contributed by atoms with E-state index < -0.39 is 0 Å². The molecule has 0 bridgehead atoms. The summed E-state index contributed by atoms with van der Waals surface area (Å²) in [7, 11) is 0. The van der Waals surface area contributed by atoms with E-state index in [1.165, 1.54) is 6.42 Å². The van der Waals surface area contributed by atoms with E-state index in [1.807, 2.05) is 22.9 Å². The minimum atomic E-state index is -0.0387.